The number of fused-ring (bicyclic) bond motifs is 1. The standard InChI is InChI=1S/C20H23N5O/c1-13-11-21-19(14-5-4-6-14)25(13)15-9-10-24(12-15)20(26)18-16-7-2-3-8-17(16)22-23-18/h2-3,7-8,11,14-15H,4-6,9-10,12H2,1H3,(H,22,23). The number of carbonyl (C=O) groups excluding carboxylic acids is 1. The maximum Gasteiger partial charge on any atom is 0.275 e. The quantitative estimate of drug-likeness (QED) is 0.788. The predicted octanol–water partition coefficient (Wildman–Crippen LogP) is 3.42. The molecule has 1 aromatic carbocycles. The first-order valence-corrected chi connectivity index (χ1v) is 9.48. The van der Waals surface area contributed by atoms with E-state index >= 15 is 0 Å². The summed E-state index contributed by atoms with van der Waals surface area (Å²) in [6.45, 7) is 3.63. The first kappa shape index (κ1) is 15.6. The van der Waals surface area contributed by atoms with Gasteiger partial charge in [0.1, 0.15) is 5.82 Å². The lowest BCUT2D eigenvalue weighted by Gasteiger charge is -2.28. The normalized spacial score (nSPS) is 20.7. The molecule has 1 N–H and O–H groups in total. The number of nitrogens with one attached hydrogen (secondary N) is 1. The second-order valence-corrected chi connectivity index (χ2v) is 7.57. The largest absolute Gasteiger partial charge is 0.335 e. The highest BCUT2D eigenvalue weighted by atomic mass is 16.2. The number of aromatic amines is 1. The van der Waals surface area contributed by atoms with Gasteiger partial charge in [0.05, 0.1) is 11.6 Å². The van der Waals surface area contributed by atoms with Gasteiger partial charge in [0.15, 0.2) is 5.69 Å². The average molecular weight is 349 g/mol. The van der Waals surface area contributed by atoms with Crippen molar-refractivity contribution in [1.82, 2.24) is 24.6 Å². The van der Waals surface area contributed by atoms with Crippen molar-refractivity contribution in [3.05, 3.63) is 47.7 Å². The van der Waals surface area contributed by atoms with Crippen LogP contribution >= 0.6 is 0 Å². The Morgan fingerprint density at radius 2 is 2.08 bits per heavy atom. The smallest absolute Gasteiger partial charge is 0.275 e. The fourth-order valence-corrected chi connectivity index (χ4v) is 4.32. The molecule has 1 atom stereocenters. The highest BCUT2D eigenvalue weighted by molar-refractivity contribution is 6.04. The first-order valence-electron chi connectivity index (χ1n) is 9.48. The molecule has 1 aliphatic heterocycles. The van der Waals surface area contributed by atoms with Crippen LogP contribution in [0.15, 0.2) is 30.5 Å². The minimum absolute atomic E-state index is 0.0212. The van der Waals surface area contributed by atoms with Gasteiger partial charge in [-0.15, -0.1) is 0 Å². The van der Waals surface area contributed by atoms with Gasteiger partial charge in [-0.05, 0) is 32.3 Å². The molecule has 0 bridgehead atoms. The van der Waals surface area contributed by atoms with E-state index in [1.807, 2.05) is 35.4 Å². The molecular formula is C20H23N5O. The summed E-state index contributed by atoms with van der Waals surface area (Å²) in [7, 11) is 0. The highest BCUT2D eigenvalue weighted by Crippen LogP contribution is 2.38. The van der Waals surface area contributed by atoms with Crippen LogP contribution < -0.4 is 0 Å². The van der Waals surface area contributed by atoms with E-state index < -0.39 is 0 Å². The summed E-state index contributed by atoms with van der Waals surface area (Å²) >= 11 is 0. The van der Waals surface area contributed by atoms with E-state index in [4.69, 9.17) is 0 Å². The molecule has 0 spiro atoms. The second-order valence-electron chi connectivity index (χ2n) is 7.57. The first-order chi connectivity index (χ1) is 12.7. The zero-order chi connectivity index (χ0) is 17.7. The van der Waals surface area contributed by atoms with Crippen molar-refractivity contribution in [1.29, 1.82) is 0 Å². The van der Waals surface area contributed by atoms with Crippen molar-refractivity contribution in [2.24, 2.45) is 0 Å². The number of aromatic nitrogens is 4. The molecule has 6 heteroatoms. The SMILES string of the molecule is Cc1cnc(C2CCC2)n1C1CCN(C(=O)c2n[nH]c3ccccc23)C1. The lowest BCUT2D eigenvalue weighted by atomic mass is 9.84. The van der Waals surface area contributed by atoms with Gasteiger partial charge in [-0.25, -0.2) is 4.98 Å². The Bertz CT molecular complexity index is 968. The average Bonchev–Trinajstić information content (AvgIpc) is 3.31. The summed E-state index contributed by atoms with van der Waals surface area (Å²) in [5.74, 6) is 1.84. The van der Waals surface area contributed by atoms with Gasteiger partial charge in [0.25, 0.3) is 5.91 Å². The van der Waals surface area contributed by atoms with Crippen LogP contribution in [0, 0.1) is 6.92 Å². The lowest BCUT2D eigenvalue weighted by Crippen LogP contribution is -2.30. The Kier molecular flexibility index (Phi) is 3.58. The molecule has 26 heavy (non-hydrogen) atoms. The monoisotopic (exact) mass is 349 g/mol. The summed E-state index contributed by atoms with van der Waals surface area (Å²) in [5, 5.41) is 8.14. The number of amides is 1. The van der Waals surface area contributed by atoms with Crippen LogP contribution in [0.25, 0.3) is 10.9 Å². The Labute approximate surface area is 152 Å². The zero-order valence-electron chi connectivity index (χ0n) is 15.0. The maximum absolute atomic E-state index is 13.0. The van der Waals surface area contributed by atoms with E-state index in [2.05, 4.69) is 26.7 Å². The molecule has 2 aromatic heterocycles. The van der Waals surface area contributed by atoms with E-state index in [0.29, 0.717) is 17.7 Å². The van der Waals surface area contributed by atoms with Crippen LogP contribution in [0.2, 0.25) is 0 Å². The third-order valence-corrected chi connectivity index (χ3v) is 5.97. The molecule has 1 amide bonds. The summed E-state index contributed by atoms with van der Waals surface area (Å²) in [6.07, 6.45) is 6.75. The van der Waals surface area contributed by atoms with E-state index in [9.17, 15) is 4.79 Å². The van der Waals surface area contributed by atoms with Crippen molar-refractivity contribution in [2.45, 2.75) is 44.6 Å². The van der Waals surface area contributed by atoms with E-state index in [0.717, 1.165) is 30.4 Å². The van der Waals surface area contributed by atoms with Crippen molar-refractivity contribution in [3.63, 3.8) is 0 Å². The van der Waals surface area contributed by atoms with Crippen LogP contribution in [-0.2, 0) is 0 Å². The molecule has 3 aromatic rings. The van der Waals surface area contributed by atoms with Crippen molar-refractivity contribution < 1.29 is 4.79 Å². The summed E-state index contributed by atoms with van der Waals surface area (Å²) in [5.41, 5.74) is 2.64. The molecule has 2 fully saturated rings. The topological polar surface area (TPSA) is 66.8 Å². The number of hydrogen-bond donors (Lipinski definition) is 1. The minimum Gasteiger partial charge on any atom is -0.335 e. The lowest BCUT2D eigenvalue weighted by molar-refractivity contribution is 0.0783. The molecule has 1 saturated heterocycles. The van der Waals surface area contributed by atoms with Gasteiger partial charge >= 0.3 is 0 Å². The van der Waals surface area contributed by atoms with Gasteiger partial charge in [0, 0.05) is 36.3 Å². The number of imidazole rings is 1. The molecule has 5 rings (SSSR count). The Hall–Kier alpha value is -2.63. The van der Waals surface area contributed by atoms with Crippen LogP contribution in [0.1, 0.15) is 59.6 Å². The van der Waals surface area contributed by atoms with Crippen LogP contribution in [0.4, 0.5) is 0 Å². The molecule has 134 valence electrons. The predicted molar refractivity (Wildman–Crippen MR) is 99.2 cm³/mol. The number of nitrogens with zero attached hydrogens (tertiary/aromatic N) is 4. The highest BCUT2D eigenvalue weighted by Gasteiger charge is 2.34. The van der Waals surface area contributed by atoms with Crippen LogP contribution in [0.3, 0.4) is 0 Å². The van der Waals surface area contributed by atoms with Gasteiger partial charge in [-0.3, -0.25) is 9.89 Å². The fraction of sp³-hybridized carbons (Fsp3) is 0.450. The number of para-hydroxylation sites is 1. The Balaban J connectivity index is 1.39. The number of benzene rings is 1. The third-order valence-electron chi connectivity index (χ3n) is 5.97. The summed E-state index contributed by atoms with van der Waals surface area (Å²) in [4.78, 5) is 19.7. The molecule has 0 radical (unpaired) electrons. The van der Waals surface area contributed by atoms with Crippen LogP contribution in [0.5, 0.6) is 0 Å². The number of rotatable bonds is 3. The minimum atomic E-state index is 0.0212. The zero-order valence-corrected chi connectivity index (χ0v) is 15.0. The van der Waals surface area contributed by atoms with E-state index in [-0.39, 0.29) is 5.91 Å². The molecule has 1 saturated carbocycles. The molecule has 6 nitrogen and oxygen atoms in total. The number of hydrogen-bond acceptors (Lipinski definition) is 3. The molecule has 2 aliphatic rings. The second kappa shape index (κ2) is 5.97. The van der Waals surface area contributed by atoms with Gasteiger partial charge in [-0.2, -0.15) is 5.10 Å². The number of H-pyrrole nitrogens is 1. The number of carbonyl (C=O) groups is 1. The molecule has 1 unspecified atom stereocenters. The summed E-state index contributed by atoms with van der Waals surface area (Å²) < 4.78 is 2.39. The third kappa shape index (κ3) is 2.35. The Morgan fingerprint density at radius 3 is 2.88 bits per heavy atom. The number of likely N-dealkylation sites (tertiary alicyclic amines) is 1. The summed E-state index contributed by atoms with van der Waals surface area (Å²) in [6, 6.07) is 8.12. The van der Waals surface area contributed by atoms with Crippen LogP contribution in [-0.4, -0.2) is 43.6 Å². The van der Waals surface area contributed by atoms with Gasteiger partial charge in [-0.1, -0.05) is 24.6 Å². The fourth-order valence-electron chi connectivity index (χ4n) is 4.32. The van der Waals surface area contributed by atoms with Crippen molar-refractivity contribution in [2.75, 3.05) is 13.1 Å². The van der Waals surface area contributed by atoms with E-state index in [1.54, 1.807) is 0 Å². The van der Waals surface area contributed by atoms with E-state index in [1.165, 1.54) is 30.8 Å². The molecule has 3 heterocycles. The van der Waals surface area contributed by atoms with Gasteiger partial charge in [0.2, 0.25) is 0 Å². The number of aryl methyl sites for hydroxylation is 1. The van der Waals surface area contributed by atoms with Crippen molar-refractivity contribution >= 4 is 16.8 Å². The van der Waals surface area contributed by atoms with Crippen molar-refractivity contribution in [3.8, 4) is 0 Å². The molecular weight excluding hydrogens is 326 g/mol. The Morgan fingerprint density at radius 1 is 1.23 bits per heavy atom. The maximum atomic E-state index is 13.0. The molecule has 1 aliphatic carbocycles. The van der Waals surface area contributed by atoms with Gasteiger partial charge < -0.3 is 9.47 Å².